The normalized spacial score (nSPS) is 11.4. The number of alkyl halides is 3. The van der Waals surface area contributed by atoms with Crippen molar-refractivity contribution in [3.05, 3.63) is 41.8 Å². The van der Waals surface area contributed by atoms with Gasteiger partial charge in [0, 0.05) is 0 Å². The van der Waals surface area contributed by atoms with Crippen LogP contribution in [0, 0.1) is 6.42 Å². The molecule has 0 aromatic heterocycles. The van der Waals surface area contributed by atoms with Crippen LogP contribution in [-0.2, 0) is 11.0 Å². The van der Waals surface area contributed by atoms with Gasteiger partial charge in [-0.1, -0.05) is 12.1 Å². The number of benzene rings is 1. The number of amides is 1. The molecule has 0 heterocycles. The Kier molecular flexibility index (Phi) is 2.78. The van der Waals surface area contributed by atoms with Gasteiger partial charge in [-0.2, -0.15) is 13.2 Å². The third-order valence-electron chi connectivity index (χ3n) is 1.55. The first-order chi connectivity index (χ1) is 6.39. The highest BCUT2D eigenvalue weighted by molar-refractivity contribution is 5.86. The van der Waals surface area contributed by atoms with Gasteiger partial charge in [0.05, 0.1) is 12.0 Å². The number of carbonyl (C=O) groups excluding carboxylic acids is 1. The maximum Gasteiger partial charge on any atom is 0.416 e. The highest BCUT2D eigenvalue weighted by atomic mass is 19.4. The minimum atomic E-state index is -4.36. The van der Waals surface area contributed by atoms with Crippen LogP contribution in [0.15, 0.2) is 24.3 Å². The summed E-state index contributed by atoms with van der Waals surface area (Å²) >= 11 is 0. The van der Waals surface area contributed by atoms with Crippen molar-refractivity contribution in [1.82, 2.24) is 0 Å². The summed E-state index contributed by atoms with van der Waals surface area (Å²) in [5.41, 5.74) is 4.43. The number of halogens is 3. The molecule has 75 valence electrons. The maximum atomic E-state index is 12.1. The third kappa shape index (κ3) is 2.76. The Hall–Kier alpha value is -1.52. The Morgan fingerprint density at radius 3 is 2.07 bits per heavy atom. The molecule has 2 nitrogen and oxygen atoms in total. The summed E-state index contributed by atoms with van der Waals surface area (Å²) in [6.07, 6.45) is -3.30. The van der Waals surface area contributed by atoms with Gasteiger partial charge in [-0.3, -0.25) is 4.79 Å². The lowest BCUT2D eigenvalue weighted by Crippen LogP contribution is -2.11. The molecule has 1 amide bonds. The number of primary amides is 1. The fraction of sp³-hybridized carbons (Fsp3) is 0.111. The molecule has 0 atom stereocenters. The predicted octanol–water partition coefficient (Wildman–Crippen LogP) is 1.74. The topological polar surface area (TPSA) is 43.1 Å². The zero-order chi connectivity index (χ0) is 10.8. The second-order valence-corrected chi connectivity index (χ2v) is 2.67. The molecular weight excluding hydrogens is 195 g/mol. The summed E-state index contributed by atoms with van der Waals surface area (Å²) in [6.45, 7) is 0. The Morgan fingerprint density at radius 1 is 1.21 bits per heavy atom. The highest BCUT2D eigenvalue weighted by Crippen LogP contribution is 2.29. The van der Waals surface area contributed by atoms with Crippen molar-refractivity contribution >= 4 is 5.91 Å². The zero-order valence-electron chi connectivity index (χ0n) is 7.01. The van der Waals surface area contributed by atoms with Crippen LogP contribution in [0.25, 0.3) is 0 Å². The molecule has 2 N–H and O–H groups in total. The molecule has 0 aliphatic carbocycles. The molecule has 1 rings (SSSR count). The zero-order valence-corrected chi connectivity index (χ0v) is 7.01. The van der Waals surface area contributed by atoms with E-state index in [1.54, 1.807) is 0 Å². The van der Waals surface area contributed by atoms with Gasteiger partial charge in [0.15, 0.2) is 0 Å². The summed E-state index contributed by atoms with van der Waals surface area (Å²) in [4.78, 5) is 10.4. The van der Waals surface area contributed by atoms with Crippen LogP contribution in [-0.4, -0.2) is 5.91 Å². The molecule has 0 aliphatic rings. The van der Waals surface area contributed by atoms with Crippen LogP contribution in [0.2, 0.25) is 0 Å². The standard InChI is InChI=1S/C9H7F3NO/c10-9(11,12)7-3-1-6(2-4-7)5-8(13)14/h1-5H,(H2,13,14). The van der Waals surface area contributed by atoms with Crippen molar-refractivity contribution in [1.29, 1.82) is 0 Å². The maximum absolute atomic E-state index is 12.1. The Balaban J connectivity index is 2.84. The van der Waals surface area contributed by atoms with Gasteiger partial charge in [-0.15, -0.1) is 0 Å². The van der Waals surface area contributed by atoms with E-state index in [2.05, 4.69) is 0 Å². The molecule has 0 saturated carbocycles. The summed E-state index contributed by atoms with van der Waals surface area (Å²) in [7, 11) is 0. The average molecular weight is 202 g/mol. The molecule has 14 heavy (non-hydrogen) atoms. The largest absolute Gasteiger partial charge is 0.416 e. The number of rotatable bonds is 2. The molecule has 1 aromatic rings. The fourth-order valence-corrected chi connectivity index (χ4v) is 0.933. The van der Waals surface area contributed by atoms with Gasteiger partial charge in [-0.25, -0.2) is 0 Å². The van der Waals surface area contributed by atoms with Crippen LogP contribution >= 0.6 is 0 Å². The highest BCUT2D eigenvalue weighted by Gasteiger charge is 2.29. The monoisotopic (exact) mass is 202 g/mol. The van der Waals surface area contributed by atoms with Crippen molar-refractivity contribution in [2.45, 2.75) is 6.18 Å². The Morgan fingerprint density at radius 2 is 1.71 bits per heavy atom. The summed E-state index contributed by atoms with van der Waals surface area (Å²) < 4.78 is 36.2. The molecule has 1 radical (unpaired) electrons. The average Bonchev–Trinajstić information content (AvgIpc) is 2.02. The van der Waals surface area contributed by atoms with E-state index < -0.39 is 17.6 Å². The number of carbonyl (C=O) groups is 1. The van der Waals surface area contributed by atoms with Crippen molar-refractivity contribution in [3.63, 3.8) is 0 Å². The van der Waals surface area contributed by atoms with Gasteiger partial charge < -0.3 is 5.73 Å². The molecule has 1 aromatic carbocycles. The molecule has 0 bridgehead atoms. The van der Waals surface area contributed by atoms with E-state index in [-0.39, 0.29) is 0 Å². The predicted molar refractivity (Wildman–Crippen MR) is 44.0 cm³/mol. The summed E-state index contributed by atoms with van der Waals surface area (Å²) in [5.74, 6) is -0.690. The molecule has 0 saturated heterocycles. The number of hydrogen-bond acceptors (Lipinski definition) is 1. The lowest BCUT2D eigenvalue weighted by molar-refractivity contribution is -0.137. The van der Waals surface area contributed by atoms with Crippen molar-refractivity contribution in [2.75, 3.05) is 0 Å². The van der Waals surface area contributed by atoms with E-state index >= 15 is 0 Å². The van der Waals surface area contributed by atoms with Gasteiger partial charge in [0.2, 0.25) is 5.91 Å². The van der Waals surface area contributed by atoms with E-state index in [0.29, 0.717) is 5.56 Å². The first-order valence-corrected chi connectivity index (χ1v) is 3.71. The van der Waals surface area contributed by atoms with E-state index in [1.165, 1.54) is 12.1 Å². The van der Waals surface area contributed by atoms with Crippen LogP contribution < -0.4 is 5.73 Å². The van der Waals surface area contributed by atoms with Gasteiger partial charge in [0.25, 0.3) is 0 Å². The molecule has 0 aliphatic heterocycles. The minimum Gasteiger partial charge on any atom is -0.369 e. The first kappa shape index (κ1) is 10.6. The van der Waals surface area contributed by atoms with E-state index in [4.69, 9.17) is 5.73 Å². The van der Waals surface area contributed by atoms with Gasteiger partial charge in [0.1, 0.15) is 0 Å². The van der Waals surface area contributed by atoms with Crippen molar-refractivity contribution in [2.24, 2.45) is 5.73 Å². The molecular formula is C9H7F3NO. The van der Waals surface area contributed by atoms with Gasteiger partial charge >= 0.3 is 6.18 Å². The van der Waals surface area contributed by atoms with E-state index in [1.807, 2.05) is 0 Å². The Labute approximate surface area is 78.5 Å². The lowest BCUT2D eigenvalue weighted by Gasteiger charge is -2.06. The number of nitrogens with two attached hydrogens (primary N) is 1. The van der Waals surface area contributed by atoms with Crippen LogP contribution in [0.1, 0.15) is 11.1 Å². The first-order valence-electron chi connectivity index (χ1n) is 3.71. The van der Waals surface area contributed by atoms with Crippen molar-refractivity contribution < 1.29 is 18.0 Å². The van der Waals surface area contributed by atoms with Crippen LogP contribution in [0.3, 0.4) is 0 Å². The molecule has 0 unspecified atom stereocenters. The van der Waals surface area contributed by atoms with Crippen LogP contribution in [0.4, 0.5) is 13.2 Å². The fourth-order valence-electron chi connectivity index (χ4n) is 0.933. The smallest absolute Gasteiger partial charge is 0.369 e. The summed E-state index contributed by atoms with van der Waals surface area (Å²) in [5, 5.41) is 0. The quantitative estimate of drug-likeness (QED) is 0.779. The lowest BCUT2D eigenvalue weighted by atomic mass is 10.1. The molecule has 5 heteroatoms. The summed E-state index contributed by atoms with van der Waals surface area (Å²) in [6, 6.07) is 4.17. The Bertz CT molecular complexity index is 329. The SMILES string of the molecule is NC(=O)[CH]c1ccc(C(F)(F)F)cc1. The second-order valence-electron chi connectivity index (χ2n) is 2.67. The molecule has 0 spiro atoms. The third-order valence-corrected chi connectivity index (χ3v) is 1.55. The van der Waals surface area contributed by atoms with Gasteiger partial charge in [-0.05, 0) is 17.7 Å². The minimum absolute atomic E-state index is 0.352. The molecule has 0 fully saturated rings. The van der Waals surface area contributed by atoms with Crippen LogP contribution in [0.5, 0.6) is 0 Å². The van der Waals surface area contributed by atoms with E-state index in [0.717, 1.165) is 18.6 Å². The van der Waals surface area contributed by atoms with Crippen molar-refractivity contribution in [3.8, 4) is 0 Å². The van der Waals surface area contributed by atoms with E-state index in [9.17, 15) is 18.0 Å². The second kappa shape index (κ2) is 3.69. The number of hydrogen-bond donors (Lipinski definition) is 1.